The Morgan fingerprint density at radius 1 is 0.500 bits per heavy atom. The maximum absolute atomic E-state index is 11.7. The van der Waals surface area contributed by atoms with Crippen LogP contribution in [0.15, 0.2) is 0 Å². The summed E-state index contributed by atoms with van der Waals surface area (Å²) in [7, 11) is 0. The molecule has 4 aliphatic carbocycles. The quantitative estimate of drug-likeness (QED) is 0.0872. The van der Waals surface area contributed by atoms with Gasteiger partial charge in [0.05, 0.1) is 45.2 Å². The minimum Gasteiger partial charge on any atom is -0.394 e. The number of ether oxygens (including phenoxy) is 10. The molecule has 10 fully saturated rings. The molecule has 0 aromatic rings. The Labute approximate surface area is 430 Å². The van der Waals surface area contributed by atoms with Crippen molar-refractivity contribution >= 4 is 0 Å². The van der Waals surface area contributed by atoms with Gasteiger partial charge in [0, 0.05) is 12.3 Å². The fraction of sp³-hybridized carbons (Fsp3) is 1.00. The van der Waals surface area contributed by atoms with E-state index in [-0.39, 0.29) is 23.0 Å². The topological polar surface area (TPSA) is 355 Å². The lowest BCUT2D eigenvalue weighted by Gasteiger charge is -2.61. The van der Waals surface area contributed by atoms with Crippen LogP contribution >= 0.6 is 0 Å². The van der Waals surface area contributed by atoms with Crippen molar-refractivity contribution in [2.75, 3.05) is 33.0 Å². The number of hydrogen-bond donors (Lipinski definition) is 13. The fourth-order valence-corrected chi connectivity index (χ4v) is 16.1. The first-order chi connectivity index (χ1) is 35.2. The summed E-state index contributed by atoms with van der Waals surface area (Å²) >= 11 is 0. The molecule has 0 amide bonds. The monoisotopic (exact) mass is 1060 g/mol. The zero-order valence-corrected chi connectivity index (χ0v) is 42.7. The molecule has 10 rings (SSSR count). The van der Waals surface area contributed by atoms with Crippen LogP contribution in [0, 0.1) is 52.3 Å². The van der Waals surface area contributed by atoms with Crippen molar-refractivity contribution in [2.45, 2.75) is 233 Å². The summed E-state index contributed by atoms with van der Waals surface area (Å²) in [4.78, 5) is 0. The Kier molecular flexibility index (Phi) is 16.6. The largest absolute Gasteiger partial charge is 0.394 e. The van der Waals surface area contributed by atoms with E-state index in [2.05, 4.69) is 27.7 Å². The van der Waals surface area contributed by atoms with Gasteiger partial charge in [0.1, 0.15) is 97.7 Å². The lowest BCUT2D eigenvalue weighted by molar-refractivity contribution is -0.386. The molecule has 0 radical (unpaired) electrons. The molecule has 6 heterocycles. The normalized spacial score (nSPS) is 57.6. The first kappa shape index (κ1) is 56.4. The standard InChI is InChI=1S/C51H84O23/c1-20-7-12-51(66-18-20)21(2)32-27(74-51)14-26-24-6-5-22-13-23(8-10-49(22,3)25(24)9-11-50(26,32)4)67-46-41(63)38(60)43(30(17-54)70-46)72-48-42(64)44(73-47-40(62)37(59)34(56)29(16-53)69-47)35(57)31(71-48)19-65-45-39(61)36(58)33(55)28(15-52)68-45/h20-48,52-64H,5-19H2,1-4H3. The molecule has 0 aromatic heterocycles. The molecule has 6 aliphatic heterocycles. The van der Waals surface area contributed by atoms with Crippen molar-refractivity contribution in [3.8, 4) is 0 Å². The van der Waals surface area contributed by atoms with Gasteiger partial charge in [0.15, 0.2) is 30.9 Å². The van der Waals surface area contributed by atoms with Gasteiger partial charge in [-0.05, 0) is 104 Å². The highest BCUT2D eigenvalue weighted by Gasteiger charge is 2.69. The van der Waals surface area contributed by atoms with E-state index in [1.807, 2.05) is 0 Å². The second kappa shape index (κ2) is 21.9. The predicted octanol–water partition coefficient (Wildman–Crippen LogP) is -2.91. The first-order valence-electron chi connectivity index (χ1n) is 27.3. The molecule has 32 atom stereocenters. The average molecular weight is 1070 g/mol. The van der Waals surface area contributed by atoms with E-state index in [4.69, 9.17) is 47.4 Å². The van der Waals surface area contributed by atoms with E-state index in [0.29, 0.717) is 47.8 Å². The molecule has 0 bridgehead atoms. The zero-order valence-electron chi connectivity index (χ0n) is 42.7. The molecule has 23 heteroatoms. The van der Waals surface area contributed by atoms with Gasteiger partial charge in [-0.15, -0.1) is 0 Å². The van der Waals surface area contributed by atoms with Crippen LogP contribution in [0.4, 0.5) is 0 Å². The smallest absolute Gasteiger partial charge is 0.187 e. The van der Waals surface area contributed by atoms with Crippen LogP contribution in [0.25, 0.3) is 0 Å². The van der Waals surface area contributed by atoms with Crippen molar-refractivity contribution in [1.82, 2.24) is 0 Å². The third-order valence-electron chi connectivity index (χ3n) is 20.4. The molecule has 426 valence electrons. The minimum atomic E-state index is -2.04. The number of aliphatic hydroxyl groups is 13. The van der Waals surface area contributed by atoms with E-state index in [1.165, 1.54) is 6.42 Å². The van der Waals surface area contributed by atoms with Crippen LogP contribution in [0.3, 0.4) is 0 Å². The molecular weight excluding hydrogens is 981 g/mol. The van der Waals surface area contributed by atoms with Gasteiger partial charge in [-0.25, -0.2) is 0 Å². The second-order valence-corrected chi connectivity index (χ2v) is 24.4. The van der Waals surface area contributed by atoms with Crippen molar-refractivity contribution in [3.63, 3.8) is 0 Å². The van der Waals surface area contributed by atoms with Crippen molar-refractivity contribution < 1.29 is 114 Å². The second-order valence-electron chi connectivity index (χ2n) is 24.4. The third kappa shape index (κ3) is 9.66. The van der Waals surface area contributed by atoms with Crippen molar-refractivity contribution in [3.05, 3.63) is 0 Å². The number of rotatable bonds is 12. The highest BCUT2D eigenvalue weighted by Crippen LogP contribution is 2.71. The van der Waals surface area contributed by atoms with Gasteiger partial charge in [-0.3, -0.25) is 0 Å². The molecular formula is C51H84O23. The highest BCUT2D eigenvalue weighted by atomic mass is 16.8. The summed E-state index contributed by atoms with van der Waals surface area (Å²) in [5.41, 5.74) is 0.289. The van der Waals surface area contributed by atoms with Crippen molar-refractivity contribution in [2.24, 2.45) is 52.3 Å². The van der Waals surface area contributed by atoms with Gasteiger partial charge in [0.2, 0.25) is 0 Å². The van der Waals surface area contributed by atoms with Crippen LogP contribution in [0.2, 0.25) is 0 Å². The van der Waals surface area contributed by atoms with E-state index >= 15 is 0 Å². The molecule has 6 saturated heterocycles. The summed E-state index contributed by atoms with van der Waals surface area (Å²) in [6.07, 6.45) is -24.8. The Hall–Kier alpha value is -0.920. The minimum absolute atomic E-state index is 0.0900. The molecule has 32 unspecified atom stereocenters. The predicted molar refractivity (Wildman–Crippen MR) is 248 cm³/mol. The summed E-state index contributed by atoms with van der Waals surface area (Å²) in [6.45, 7) is 7.30. The lowest BCUT2D eigenvalue weighted by atomic mass is 9.44. The molecule has 10 aliphatic rings. The van der Waals surface area contributed by atoms with Crippen LogP contribution in [-0.2, 0) is 47.4 Å². The Bertz CT molecular complexity index is 1880. The first-order valence-corrected chi connectivity index (χ1v) is 27.3. The summed E-state index contributed by atoms with van der Waals surface area (Å²) in [6, 6.07) is 0. The molecule has 0 aromatic carbocycles. The number of hydrogen-bond acceptors (Lipinski definition) is 23. The molecule has 13 N–H and O–H groups in total. The highest BCUT2D eigenvalue weighted by molar-refractivity contribution is 5.15. The zero-order chi connectivity index (χ0) is 52.9. The third-order valence-corrected chi connectivity index (χ3v) is 20.4. The Balaban J connectivity index is 0.789. The number of aliphatic hydroxyl groups excluding tert-OH is 13. The molecule has 4 saturated carbocycles. The maximum Gasteiger partial charge on any atom is 0.187 e. The van der Waals surface area contributed by atoms with Gasteiger partial charge in [-0.2, -0.15) is 0 Å². The SMILES string of the molecule is CC1CCC2(OC1)OC1CC3C4CCC5CC(OC6OC(CO)C(OC7OC(COC8OC(CO)C(O)C(O)C8O)C(O)C(OC8OC(CO)C(O)C(O)C8O)C7O)C(O)C6O)CCC5(C)C4CCC3(C)C1C2C. The van der Waals surface area contributed by atoms with Gasteiger partial charge < -0.3 is 114 Å². The fourth-order valence-electron chi connectivity index (χ4n) is 16.1. The van der Waals surface area contributed by atoms with E-state index in [0.717, 1.165) is 58.0 Å². The Morgan fingerprint density at radius 3 is 1.74 bits per heavy atom. The molecule has 1 spiro atoms. The summed E-state index contributed by atoms with van der Waals surface area (Å²) < 4.78 is 60.5. The van der Waals surface area contributed by atoms with Crippen LogP contribution in [-0.4, -0.2) is 240 Å². The van der Waals surface area contributed by atoms with Crippen LogP contribution < -0.4 is 0 Å². The lowest BCUT2D eigenvalue weighted by Crippen LogP contribution is -2.67. The van der Waals surface area contributed by atoms with Gasteiger partial charge >= 0.3 is 0 Å². The van der Waals surface area contributed by atoms with E-state index in [1.54, 1.807) is 0 Å². The van der Waals surface area contributed by atoms with E-state index in [9.17, 15) is 66.4 Å². The van der Waals surface area contributed by atoms with E-state index < -0.39 is 155 Å². The van der Waals surface area contributed by atoms with Crippen LogP contribution in [0.5, 0.6) is 0 Å². The maximum atomic E-state index is 11.7. The Morgan fingerprint density at radius 2 is 1.08 bits per heavy atom. The van der Waals surface area contributed by atoms with Crippen molar-refractivity contribution in [1.29, 1.82) is 0 Å². The van der Waals surface area contributed by atoms with Gasteiger partial charge in [0.25, 0.3) is 0 Å². The summed E-state index contributed by atoms with van der Waals surface area (Å²) in [5.74, 6) is 3.05. The van der Waals surface area contributed by atoms with Crippen LogP contribution in [0.1, 0.15) is 91.9 Å². The number of fused-ring (bicyclic) bond motifs is 7. The average Bonchev–Trinajstić information content (AvgIpc) is 3.88. The summed E-state index contributed by atoms with van der Waals surface area (Å²) in [5, 5.41) is 140. The van der Waals surface area contributed by atoms with Gasteiger partial charge in [-0.1, -0.05) is 27.7 Å². The molecule has 23 nitrogen and oxygen atoms in total. The molecule has 74 heavy (non-hydrogen) atoms.